The van der Waals surface area contributed by atoms with Gasteiger partial charge in [-0.3, -0.25) is 9.59 Å². The Morgan fingerprint density at radius 3 is 2.80 bits per heavy atom. The summed E-state index contributed by atoms with van der Waals surface area (Å²) >= 11 is 0. The van der Waals surface area contributed by atoms with Gasteiger partial charge in [0.1, 0.15) is 0 Å². The van der Waals surface area contributed by atoms with Crippen LogP contribution in [0.4, 0.5) is 13.2 Å². The van der Waals surface area contributed by atoms with Gasteiger partial charge in [-0.2, -0.15) is 13.2 Å². The SMILES string of the molecule is COCCNC(=O)[C@H]1CCCN(C(=O)c2cccc(C(F)(F)F)c2)C1. The molecule has 1 fully saturated rings. The highest BCUT2D eigenvalue weighted by Crippen LogP contribution is 2.30. The normalized spacial score (nSPS) is 18.1. The number of nitrogens with one attached hydrogen (secondary N) is 1. The number of carbonyl (C=O) groups excluding carboxylic acids is 2. The van der Waals surface area contributed by atoms with Gasteiger partial charge in [0.05, 0.1) is 18.1 Å². The van der Waals surface area contributed by atoms with E-state index in [-0.39, 0.29) is 23.9 Å². The van der Waals surface area contributed by atoms with E-state index in [1.54, 1.807) is 0 Å². The minimum Gasteiger partial charge on any atom is -0.383 e. The van der Waals surface area contributed by atoms with Gasteiger partial charge >= 0.3 is 6.18 Å². The van der Waals surface area contributed by atoms with Crippen LogP contribution in [0.2, 0.25) is 0 Å². The van der Waals surface area contributed by atoms with Crippen LogP contribution < -0.4 is 5.32 Å². The first-order chi connectivity index (χ1) is 11.8. The Bertz CT molecular complexity index is 619. The number of amides is 2. The van der Waals surface area contributed by atoms with Gasteiger partial charge in [0.15, 0.2) is 0 Å². The van der Waals surface area contributed by atoms with Crippen molar-refractivity contribution in [3.8, 4) is 0 Å². The third kappa shape index (κ3) is 5.19. The molecule has 2 rings (SSSR count). The van der Waals surface area contributed by atoms with Crippen molar-refractivity contribution in [3.05, 3.63) is 35.4 Å². The number of hydrogen-bond donors (Lipinski definition) is 1. The van der Waals surface area contributed by atoms with Gasteiger partial charge in [-0.15, -0.1) is 0 Å². The minimum absolute atomic E-state index is 0.0183. The van der Waals surface area contributed by atoms with E-state index in [0.717, 1.165) is 12.1 Å². The summed E-state index contributed by atoms with van der Waals surface area (Å²) in [5.74, 6) is -1.01. The van der Waals surface area contributed by atoms with Crippen molar-refractivity contribution in [1.29, 1.82) is 0 Å². The van der Waals surface area contributed by atoms with Crippen LogP contribution in [0, 0.1) is 5.92 Å². The standard InChI is InChI=1S/C17H21F3N2O3/c1-25-9-7-21-15(23)13-5-3-8-22(11-13)16(24)12-4-2-6-14(10-12)17(18,19)20/h2,4,6,10,13H,3,5,7-9,11H2,1H3,(H,21,23)/t13-/m0/s1. The summed E-state index contributed by atoms with van der Waals surface area (Å²) in [6, 6.07) is 4.36. The first kappa shape index (κ1) is 19.2. The number of piperidine rings is 1. The van der Waals surface area contributed by atoms with Crippen LogP contribution in [-0.2, 0) is 15.7 Å². The molecule has 0 spiro atoms. The second-order valence-electron chi connectivity index (χ2n) is 5.95. The van der Waals surface area contributed by atoms with E-state index in [9.17, 15) is 22.8 Å². The van der Waals surface area contributed by atoms with Crippen molar-refractivity contribution in [2.45, 2.75) is 19.0 Å². The van der Waals surface area contributed by atoms with Crippen molar-refractivity contribution < 1.29 is 27.5 Å². The second-order valence-corrected chi connectivity index (χ2v) is 5.95. The average Bonchev–Trinajstić information content (AvgIpc) is 2.60. The molecule has 1 heterocycles. The first-order valence-electron chi connectivity index (χ1n) is 8.06. The van der Waals surface area contributed by atoms with E-state index in [1.807, 2.05) is 0 Å². The number of halogens is 3. The molecule has 0 aromatic heterocycles. The Morgan fingerprint density at radius 2 is 2.12 bits per heavy atom. The maximum atomic E-state index is 12.8. The zero-order chi connectivity index (χ0) is 18.4. The molecule has 1 aromatic rings. The summed E-state index contributed by atoms with van der Waals surface area (Å²) in [5.41, 5.74) is -0.875. The van der Waals surface area contributed by atoms with Crippen molar-refractivity contribution in [2.75, 3.05) is 33.4 Å². The fraction of sp³-hybridized carbons (Fsp3) is 0.529. The molecule has 1 N–H and O–H groups in total. The number of rotatable bonds is 5. The molecule has 0 aliphatic carbocycles. The molecule has 1 aliphatic rings. The Kier molecular flexibility index (Phi) is 6.41. The zero-order valence-corrected chi connectivity index (χ0v) is 13.9. The van der Waals surface area contributed by atoms with E-state index in [4.69, 9.17) is 4.74 Å². The lowest BCUT2D eigenvalue weighted by molar-refractivity contribution is -0.137. The van der Waals surface area contributed by atoms with Crippen molar-refractivity contribution in [3.63, 3.8) is 0 Å². The van der Waals surface area contributed by atoms with Gasteiger partial charge < -0.3 is 15.0 Å². The van der Waals surface area contributed by atoms with Crippen LogP contribution in [0.15, 0.2) is 24.3 Å². The fourth-order valence-corrected chi connectivity index (χ4v) is 2.81. The lowest BCUT2D eigenvalue weighted by Crippen LogP contribution is -2.46. The van der Waals surface area contributed by atoms with Crippen molar-refractivity contribution >= 4 is 11.8 Å². The van der Waals surface area contributed by atoms with E-state index in [0.29, 0.717) is 32.5 Å². The number of methoxy groups -OCH3 is 1. The number of alkyl halides is 3. The monoisotopic (exact) mass is 358 g/mol. The van der Waals surface area contributed by atoms with E-state index >= 15 is 0 Å². The number of ether oxygens (including phenoxy) is 1. The highest BCUT2D eigenvalue weighted by Gasteiger charge is 2.32. The minimum atomic E-state index is -4.50. The zero-order valence-electron chi connectivity index (χ0n) is 13.9. The molecule has 1 atom stereocenters. The smallest absolute Gasteiger partial charge is 0.383 e. The van der Waals surface area contributed by atoms with Gasteiger partial charge in [-0.25, -0.2) is 0 Å². The number of likely N-dealkylation sites (tertiary alicyclic amines) is 1. The van der Waals surface area contributed by atoms with Crippen LogP contribution in [0.25, 0.3) is 0 Å². The number of nitrogens with zero attached hydrogens (tertiary/aromatic N) is 1. The molecule has 1 aliphatic heterocycles. The van der Waals surface area contributed by atoms with Gasteiger partial charge in [-0.05, 0) is 31.0 Å². The highest BCUT2D eigenvalue weighted by molar-refractivity contribution is 5.95. The van der Waals surface area contributed by atoms with Crippen LogP contribution in [-0.4, -0.2) is 50.1 Å². The number of hydrogen-bond acceptors (Lipinski definition) is 3. The van der Waals surface area contributed by atoms with E-state index in [1.165, 1.54) is 24.1 Å². The fourth-order valence-electron chi connectivity index (χ4n) is 2.81. The van der Waals surface area contributed by atoms with E-state index in [2.05, 4.69) is 5.32 Å². The number of carbonyl (C=O) groups is 2. The quantitative estimate of drug-likeness (QED) is 0.822. The number of benzene rings is 1. The molecule has 0 bridgehead atoms. The van der Waals surface area contributed by atoms with Crippen LogP contribution in [0.3, 0.4) is 0 Å². The molecule has 0 saturated carbocycles. The van der Waals surface area contributed by atoms with Gasteiger partial charge in [-0.1, -0.05) is 6.07 Å². The van der Waals surface area contributed by atoms with Crippen LogP contribution >= 0.6 is 0 Å². The first-order valence-corrected chi connectivity index (χ1v) is 8.06. The molecule has 25 heavy (non-hydrogen) atoms. The molecular weight excluding hydrogens is 337 g/mol. The van der Waals surface area contributed by atoms with Gasteiger partial charge in [0.2, 0.25) is 5.91 Å². The molecule has 0 unspecified atom stereocenters. The largest absolute Gasteiger partial charge is 0.416 e. The summed E-state index contributed by atoms with van der Waals surface area (Å²) in [7, 11) is 1.53. The molecule has 138 valence electrons. The molecule has 2 amide bonds. The van der Waals surface area contributed by atoms with Crippen LogP contribution in [0.5, 0.6) is 0 Å². The predicted octanol–water partition coefficient (Wildman–Crippen LogP) is 2.32. The maximum absolute atomic E-state index is 12.8. The summed E-state index contributed by atoms with van der Waals surface area (Å²) in [4.78, 5) is 26.1. The Hall–Kier alpha value is -2.09. The Morgan fingerprint density at radius 1 is 1.36 bits per heavy atom. The van der Waals surface area contributed by atoms with Gasteiger partial charge in [0, 0.05) is 32.3 Å². The summed E-state index contributed by atoms with van der Waals surface area (Å²) in [6.07, 6.45) is -3.22. The molecular formula is C17H21F3N2O3. The maximum Gasteiger partial charge on any atom is 0.416 e. The van der Waals surface area contributed by atoms with Crippen molar-refractivity contribution in [1.82, 2.24) is 10.2 Å². The van der Waals surface area contributed by atoms with Gasteiger partial charge in [0.25, 0.3) is 5.91 Å². The molecule has 8 heteroatoms. The van der Waals surface area contributed by atoms with Crippen LogP contribution in [0.1, 0.15) is 28.8 Å². The summed E-state index contributed by atoms with van der Waals surface area (Å²) in [5, 5.41) is 2.73. The Labute approximate surface area is 144 Å². The van der Waals surface area contributed by atoms with Crippen molar-refractivity contribution in [2.24, 2.45) is 5.92 Å². The summed E-state index contributed by atoms with van der Waals surface area (Å²) < 4.78 is 43.3. The molecule has 5 nitrogen and oxygen atoms in total. The molecule has 0 radical (unpaired) electrons. The van der Waals surface area contributed by atoms with E-state index < -0.39 is 17.6 Å². The predicted molar refractivity (Wildman–Crippen MR) is 85.0 cm³/mol. The third-order valence-corrected chi connectivity index (χ3v) is 4.12. The second kappa shape index (κ2) is 8.33. The lowest BCUT2D eigenvalue weighted by atomic mass is 9.96. The Balaban J connectivity index is 2.03. The lowest BCUT2D eigenvalue weighted by Gasteiger charge is -2.32. The molecule has 1 saturated heterocycles. The topological polar surface area (TPSA) is 58.6 Å². The molecule has 1 aromatic carbocycles. The third-order valence-electron chi connectivity index (χ3n) is 4.12. The average molecular weight is 358 g/mol. The summed E-state index contributed by atoms with van der Waals surface area (Å²) in [6.45, 7) is 1.41. The highest BCUT2D eigenvalue weighted by atomic mass is 19.4.